The molecule has 0 radical (unpaired) electrons. The highest BCUT2D eigenvalue weighted by molar-refractivity contribution is 7.80. The van der Waals surface area contributed by atoms with Crippen LogP contribution >= 0.6 is 0 Å². The van der Waals surface area contributed by atoms with Gasteiger partial charge in [-0.2, -0.15) is 8.42 Å². The summed E-state index contributed by atoms with van der Waals surface area (Å²) in [5, 5.41) is 0. The van der Waals surface area contributed by atoms with Crippen molar-refractivity contribution in [3.8, 4) is 0 Å². The van der Waals surface area contributed by atoms with E-state index in [-0.39, 0.29) is 12.5 Å². The monoisotopic (exact) mass is 546 g/mol. The van der Waals surface area contributed by atoms with Gasteiger partial charge in [-0.05, 0) is 18.8 Å². The van der Waals surface area contributed by atoms with Gasteiger partial charge in [0.05, 0.1) is 6.61 Å². The lowest BCUT2D eigenvalue weighted by atomic mass is 9.94. The second-order valence-electron chi connectivity index (χ2n) is 11.6. The average Bonchev–Trinajstić information content (AvgIpc) is 2.87. The number of hydrogen-bond donors (Lipinski definition) is 1. The highest BCUT2D eigenvalue weighted by Crippen LogP contribution is 2.21. The molecule has 1 atom stereocenters. The maximum Gasteiger partial charge on any atom is 0.397 e. The highest BCUT2D eigenvalue weighted by Gasteiger charge is 2.13. The van der Waals surface area contributed by atoms with Gasteiger partial charge in [-0.25, -0.2) is 4.18 Å². The van der Waals surface area contributed by atoms with Crippen LogP contribution in [0.15, 0.2) is 0 Å². The summed E-state index contributed by atoms with van der Waals surface area (Å²) in [6.07, 6.45) is 36.9. The lowest BCUT2D eigenvalue weighted by Gasteiger charge is -2.16. The van der Waals surface area contributed by atoms with Crippen LogP contribution in [0.2, 0.25) is 0 Å². The fourth-order valence-electron chi connectivity index (χ4n) is 5.39. The molecule has 37 heavy (non-hydrogen) atoms. The lowest BCUT2D eigenvalue weighted by Crippen LogP contribution is -2.14. The van der Waals surface area contributed by atoms with Crippen LogP contribution in [-0.4, -0.2) is 19.6 Å². The zero-order valence-electron chi connectivity index (χ0n) is 25.2. The van der Waals surface area contributed by atoms with Gasteiger partial charge < -0.3 is 0 Å². The fraction of sp³-hybridized carbons (Fsp3) is 1.00. The first kappa shape index (κ1) is 36.9. The van der Waals surface area contributed by atoms with E-state index in [4.69, 9.17) is 8.74 Å². The van der Waals surface area contributed by atoms with Crippen molar-refractivity contribution in [1.29, 1.82) is 0 Å². The largest absolute Gasteiger partial charge is 0.397 e. The van der Waals surface area contributed by atoms with Crippen LogP contribution in [0.5, 0.6) is 0 Å². The zero-order valence-corrected chi connectivity index (χ0v) is 26.0. The van der Waals surface area contributed by atoms with Gasteiger partial charge >= 0.3 is 10.4 Å². The van der Waals surface area contributed by atoms with Gasteiger partial charge in [0.2, 0.25) is 0 Å². The van der Waals surface area contributed by atoms with Gasteiger partial charge in [0, 0.05) is 0 Å². The van der Waals surface area contributed by atoms with E-state index in [2.05, 4.69) is 13.8 Å². The van der Waals surface area contributed by atoms with Crippen molar-refractivity contribution in [1.82, 2.24) is 0 Å². The molecule has 0 heterocycles. The van der Waals surface area contributed by atoms with E-state index in [1.54, 1.807) is 0 Å². The minimum atomic E-state index is -4.33. The first-order valence-corrected chi connectivity index (χ1v) is 18.0. The highest BCUT2D eigenvalue weighted by atomic mass is 32.3. The summed E-state index contributed by atoms with van der Waals surface area (Å²) in [6, 6.07) is 0. The molecule has 0 spiro atoms. The number of rotatable bonds is 31. The molecule has 0 rings (SSSR count). The zero-order chi connectivity index (χ0) is 27.3. The second kappa shape index (κ2) is 28.9. The Kier molecular flexibility index (Phi) is 28.8. The molecule has 0 amide bonds. The van der Waals surface area contributed by atoms with Crippen LogP contribution in [0.1, 0.15) is 194 Å². The maximum atomic E-state index is 11.0. The van der Waals surface area contributed by atoms with Crippen LogP contribution in [0, 0.1) is 5.92 Å². The molecule has 1 N–H and O–H groups in total. The maximum absolute atomic E-state index is 11.0. The van der Waals surface area contributed by atoms with E-state index in [0.29, 0.717) is 0 Å². The van der Waals surface area contributed by atoms with E-state index in [9.17, 15) is 8.42 Å². The van der Waals surface area contributed by atoms with E-state index in [1.807, 2.05) is 0 Å². The van der Waals surface area contributed by atoms with Gasteiger partial charge in [-0.1, -0.05) is 181 Å². The molecular weight excluding hydrogens is 480 g/mol. The summed E-state index contributed by atoms with van der Waals surface area (Å²) in [4.78, 5) is 0. The Labute approximate surface area is 233 Å². The molecule has 0 aliphatic heterocycles. The third-order valence-corrected chi connectivity index (χ3v) is 8.32. The molecule has 1 unspecified atom stereocenters. The van der Waals surface area contributed by atoms with E-state index in [0.717, 1.165) is 25.7 Å². The molecule has 0 saturated heterocycles. The van der Waals surface area contributed by atoms with E-state index in [1.165, 1.54) is 154 Å². The van der Waals surface area contributed by atoms with Crippen molar-refractivity contribution in [2.45, 2.75) is 194 Å². The summed E-state index contributed by atoms with van der Waals surface area (Å²) in [7, 11) is -4.33. The third-order valence-electron chi connectivity index (χ3n) is 7.88. The molecule has 0 aromatic carbocycles. The minimum absolute atomic E-state index is 0.134. The number of unbranched alkanes of at least 4 members (excludes halogenated alkanes) is 24. The summed E-state index contributed by atoms with van der Waals surface area (Å²) in [6.45, 7) is 4.68. The Morgan fingerprint density at radius 1 is 0.459 bits per heavy atom. The molecular formula is C32H66O4S. The summed E-state index contributed by atoms with van der Waals surface area (Å²) >= 11 is 0. The Balaban J connectivity index is 3.69. The first-order chi connectivity index (χ1) is 18.0. The Bertz CT molecular complexity index is 535. The smallest absolute Gasteiger partial charge is 0.264 e. The predicted octanol–water partition coefficient (Wildman–Crippen LogP) is 11.4. The molecule has 0 aromatic heterocycles. The minimum Gasteiger partial charge on any atom is -0.264 e. The Hall–Kier alpha value is -0.130. The van der Waals surface area contributed by atoms with Crippen LogP contribution in [0.25, 0.3) is 0 Å². The molecule has 224 valence electrons. The van der Waals surface area contributed by atoms with Gasteiger partial charge in [0.1, 0.15) is 0 Å². The van der Waals surface area contributed by atoms with Crippen LogP contribution in [0.4, 0.5) is 0 Å². The Morgan fingerprint density at radius 3 is 0.946 bits per heavy atom. The summed E-state index contributed by atoms with van der Waals surface area (Å²) < 4.78 is 35.8. The molecule has 0 aromatic rings. The topological polar surface area (TPSA) is 63.6 Å². The van der Waals surface area contributed by atoms with Crippen molar-refractivity contribution < 1.29 is 17.2 Å². The standard InChI is InChI=1S/C32H66O4S/c1-3-5-7-9-11-13-15-16-17-18-20-22-24-26-28-30-32(31-36-37(33,34)35)29-27-25-23-21-19-14-12-10-8-6-4-2/h32H,3-31H2,1-2H3,(H,33,34,35). The molecule has 0 aliphatic rings. The lowest BCUT2D eigenvalue weighted by molar-refractivity contribution is 0.204. The molecule has 0 fully saturated rings. The quantitative estimate of drug-likeness (QED) is 0.0693. The van der Waals surface area contributed by atoms with Crippen LogP contribution < -0.4 is 0 Å². The normalized spacial score (nSPS) is 12.8. The summed E-state index contributed by atoms with van der Waals surface area (Å²) in [5.41, 5.74) is 0. The molecule has 0 aliphatic carbocycles. The van der Waals surface area contributed by atoms with Gasteiger partial charge in [0.25, 0.3) is 0 Å². The SMILES string of the molecule is CCCCCCCCCCCCCCCCCC(CCCCCCCCCCCCC)COS(=O)(=O)O. The Morgan fingerprint density at radius 2 is 0.703 bits per heavy atom. The second-order valence-corrected chi connectivity index (χ2v) is 12.7. The molecule has 4 nitrogen and oxygen atoms in total. The van der Waals surface area contributed by atoms with Crippen molar-refractivity contribution in [3.63, 3.8) is 0 Å². The molecule has 0 bridgehead atoms. The van der Waals surface area contributed by atoms with Crippen LogP contribution in [0.3, 0.4) is 0 Å². The van der Waals surface area contributed by atoms with Crippen LogP contribution in [-0.2, 0) is 14.6 Å². The van der Waals surface area contributed by atoms with Crippen molar-refractivity contribution >= 4 is 10.4 Å². The summed E-state index contributed by atoms with van der Waals surface area (Å²) in [5.74, 6) is 0.238. The van der Waals surface area contributed by atoms with Crippen molar-refractivity contribution in [2.75, 3.05) is 6.61 Å². The van der Waals surface area contributed by atoms with Gasteiger partial charge in [-0.3, -0.25) is 4.55 Å². The van der Waals surface area contributed by atoms with Gasteiger partial charge in [-0.15, -0.1) is 0 Å². The van der Waals surface area contributed by atoms with Crippen molar-refractivity contribution in [2.24, 2.45) is 5.92 Å². The molecule has 5 heteroatoms. The predicted molar refractivity (Wildman–Crippen MR) is 162 cm³/mol. The van der Waals surface area contributed by atoms with Gasteiger partial charge in [0.15, 0.2) is 0 Å². The number of hydrogen-bond acceptors (Lipinski definition) is 3. The fourth-order valence-corrected chi connectivity index (χ4v) is 5.76. The van der Waals surface area contributed by atoms with E-state index >= 15 is 0 Å². The molecule has 0 saturated carbocycles. The average molecular weight is 547 g/mol. The van der Waals surface area contributed by atoms with Crippen molar-refractivity contribution in [3.05, 3.63) is 0 Å². The third kappa shape index (κ3) is 32.0. The first-order valence-electron chi connectivity index (χ1n) is 16.6. The van der Waals surface area contributed by atoms with E-state index < -0.39 is 10.4 Å².